The SMILES string of the molecule is CCCc1cc(C)cc(Nc2cc3cc[nH]c3cc2SCN)n1. The molecule has 23 heavy (non-hydrogen) atoms. The van der Waals surface area contributed by atoms with Crippen LogP contribution in [-0.4, -0.2) is 15.8 Å². The van der Waals surface area contributed by atoms with Crippen LogP contribution in [0.2, 0.25) is 0 Å². The molecular weight excluding hydrogens is 304 g/mol. The minimum Gasteiger partial charge on any atom is -0.361 e. The molecule has 0 aliphatic heterocycles. The highest BCUT2D eigenvalue weighted by atomic mass is 32.2. The third-order valence-electron chi connectivity index (χ3n) is 3.68. The molecule has 4 N–H and O–H groups in total. The Labute approximate surface area is 140 Å². The van der Waals surface area contributed by atoms with E-state index < -0.39 is 0 Å². The molecule has 4 nitrogen and oxygen atoms in total. The first-order chi connectivity index (χ1) is 11.2. The first-order valence-corrected chi connectivity index (χ1v) is 8.86. The third kappa shape index (κ3) is 3.68. The Bertz CT molecular complexity index is 810. The van der Waals surface area contributed by atoms with E-state index in [1.54, 1.807) is 11.8 Å². The molecule has 2 aromatic heterocycles. The van der Waals surface area contributed by atoms with Crippen LogP contribution in [-0.2, 0) is 6.42 Å². The van der Waals surface area contributed by atoms with Gasteiger partial charge in [-0.1, -0.05) is 13.3 Å². The summed E-state index contributed by atoms with van der Waals surface area (Å²) in [5.41, 5.74) is 10.3. The maximum atomic E-state index is 5.74. The quantitative estimate of drug-likeness (QED) is 0.458. The summed E-state index contributed by atoms with van der Waals surface area (Å²) in [6, 6.07) is 10.6. The van der Waals surface area contributed by atoms with Gasteiger partial charge in [-0.05, 0) is 49.2 Å². The van der Waals surface area contributed by atoms with Crippen LogP contribution in [0.5, 0.6) is 0 Å². The Morgan fingerprint density at radius 3 is 2.91 bits per heavy atom. The molecule has 0 atom stereocenters. The van der Waals surface area contributed by atoms with Crippen molar-refractivity contribution < 1.29 is 0 Å². The van der Waals surface area contributed by atoms with Crippen LogP contribution >= 0.6 is 11.8 Å². The van der Waals surface area contributed by atoms with Gasteiger partial charge < -0.3 is 16.0 Å². The van der Waals surface area contributed by atoms with E-state index >= 15 is 0 Å². The number of anilines is 2. The van der Waals surface area contributed by atoms with E-state index in [-0.39, 0.29) is 0 Å². The number of nitrogens with one attached hydrogen (secondary N) is 2. The van der Waals surface area contributed by atoms with Crippen molar-refractivity contribution in [3.05, 3.63) is 47.8 Å². The summed E-state index contributed by atoms with van der Waals surface area (Å²) < 4.78 is 0. The first-order valence-electron chi connectivity index (χ1n) is 7.88. The molecule has 1 aromatic carbocycles. The van der Waals surface area contributed by atoms with E-state index in [9.17, 15) is 0 Å². The maximum absolute atomic E-state index is 5.74. The molecule has 3 rings (SSSR count). The van der Waals surface area contributed by atoms with Gasteiger partial charge in [0.1, 0.15) is 5.82 Å². The number of thioether (sulfide) groups is 1. The molecule has 0 fully saturated rings. The zero-order valence-corrected chi connectivity index (χ0v) is 14.3. The van der Waals surface area contributed by atoms with Crippen molar-refractivity contribution in [2.75, 3.05) is 11.2 Å². The van der Waals surface area contributed by atoms with Crippen molar-refractivity contribution in [1.29, 1.82) is 0 Å². The second-order valence-corrected chi connectivity index (χ2v) is 6.68. The molecule has 0 radical (unpaired) electrons. The number of aromatic nitrogens is 2. The summed E-state index contributed by atoms with van der Waals surface area (Å²) in [7, 11) is 0. The van der Waals surface area contributed by atoms with E-state index in [0.717, 1.165) is 40.5 Å². The standard InChI is InChI=1S/C18H22N4S/c1-3-4-14-7-12(2)8-18(21-14)22-16-9-13-5-6-20-15(13)10-17(16)23-11-19/h5-10,20H,3-4,11,19H2,1-2H3,(H,21,22). The molecule has 120 valence electrons. The van der Waals surface area contributed by atoms with Crippen LogP contribution < -0.4 is 11.1 Å². The monoisotopic (exact) mass is 326 g/mol. The second kappa shape index (κ2) is 7.06. The van der Waals surface area contributed by atoms with Crippen LogP contribution in [0.15, 0.2) is 41.4 Å². The molecule has 2 heterocycles. The lowest BCUT2D eigenvalue weighted by Gasteiger charge is -2.13. The Morgan fingerprint density at radius 1 is 1.26 bits per heavy atom. The highest BCUT2D eigenvalue weighted by Crippen LogP contribution is 2.32. The fourth-order valence-electron chi connectivity index (χ4n) is 2.71. The van der Waals surface area contributed by atoms with Crippen LogP contribution in [0.3, 0.4) is 0 Å². The predicted molar refractivity (Wildman–Crippen MR) is 99.5 cm³/mol. The average molecular weight is 326 g/mol. The van der Waals surface area contributed by atoms with Gasteiger partial charge in [0.05, 0.1) is 5.69 Å². The number of nitrogens with zero attached hydrogens (tertiary/aromatic N) is 1. The van der Waals surface area contributed by atoms with Gasteiger partial charge in [-0.15, -0.1) is 11.8 Å². The van der Waals surface area contributed by atoms with E-state index in [4.69, 9.17) is 10.7 Å². The van der Waals surface area contributed by atoms with E-state index in [0.29, 0.717) is 5.88 Å². The summed E-state index contributed by atoms with van der Waals surface area (Å²) in [4.78, 5) is 9.10. The van der Waals surface area contributed by atoms with Crippen molar-refractivity contribution in [2.24, 2.45) is 5.73 Å². The number of rotatable bonds is 6. The molecular formula is C18H22N4S. The Morgan fingerprint density at radius 2 is 2.13 bits per heavy atom. The fourth-order valence-corrected chi connectivity index (χ4v) is 3.36. The lowest BCUT2D eigenvalue weighted by Crippen LogP contribution is -2.00. The Hall–Kier alpha value is -1.98. The van der Waals surface area contributed by atoms with Gasteiger partial charge in [-0.2, -0.15) is 0 Å². The van der Waals surface area contributed by atoms with Gasteiger partial charge in [0, 0.05) is 33.6 Å². The lowest BCUT2D eigenvalue weighted by atomic mass is 10.1. The molecule has 0 saturated heterocycles. The largest absolute Gasteiger partial charge is 0.361 e. The lowest BCUT2D eigenvalue weighted by molar-refractivity contribution is 0.882. The Kier molecular flexibility index (Phi) is 4.88. The zero-order chi connectivity index (χ0) is 16.2. The van der Waals surface area contributed by atoms with Gasteiger partial charge in [0.25, 0.3) is 0 Å². The summed E-state index contributed by atoms with van der Waals surface area (Å²) >= 11 is 1.63. The Balaban J connectivity index is 1.98. The second-order valence-electron chi connectivity index (χ2n) is 5.62. The number of hydrogen-bond acceptors (Lipinski definition) is 4. The number of aromatic amines is 1. The minimum absolute atomic E-state index is 0.545. The molecule has 0 spiro atoms. The normalized spacial score (nSPS) is 11.1. The molecule has 0 unspecified atom stereocenters. The number of fused-ring (bicyclic) bond motifs is 1. The third-order valence-corrected chi connectivity index (χ3v) is 4.50. The number of nitrogens with two attached hydrogens (primary N) is 1. The average Bonchev–Trinajstić information content (AvgIpc) is 2.94. The van der Waals surface area contributed by atoms with Gasteiger partial charge in [0.2, 0.25) is 0 Å². The van der Waals surface area contributed by atoms with Crippen LogP contribution in [0, 0.1) is 6.92 Å². The molecule has 0 amide bonds. The van der Waals surface area contributed by atoms with Gasteiger partial charge in [0.15, 0.2) is 0 Å². The van der Waals surface area contributed by atoms with Crippen molar-refractivity contribution in [1.82, 2.24) is 9.97 Å². The van der Waals surface area contributed by atoms with Crippen LogP contribution in [0.25, 0.3) is 10.9 Å². The first kappa shape index (κ1) is 15.9. The zero-order valence-electron chi connectivity index (χ0n) is 13.5. The smallest absolute Gasteiger partial charge is 0.130 e. The van der Waals surface area contributed by atoms with Crippen LogP contribution in [0.1, 0.15) is 24.6 Å². The molecule has 0 bridgehead atoms. The molecule has 0 saturated carbocycles. The molecule has 0 aliphatic carbocycles. The maximum Gasteiger partial charge on any atom is 0.130 e. The molecule has 5 heteroatoms. The van der Waals surface area contributed by atoms with Crippen molar-refractivity contribution in [3.63, 3.8) is 0 Å². The van der Waals surface area contributed by atoms with Gasteiger partial charge in [-0.25, -0.2) is 4.98 Å². The summed E-state index contributed by atoms with van der Waals surface area (Å²) in [5, 5.41) is 4.65. The molecule has 0 aliphatic rings. The fraction of sp³-hybridized carbons (Fsp3) is 0.278. The van der Waals surface area contributed by atoms with Crippen molar-refractivity contribution in [2.45, 2.75) is 31.6 Å². The predicted octanol–water partition coefficient (Wildman–Crippen LogP) is 4.58. The number of H-pyrrole nitrogens is 1. The molecule has 3 aromatic rings. The summed E-state index contributed by atoms with van der Waals surface area (Å²) in [6.45, 7) is 4.28. The van der Waals surface area contributed by atoms with E-state index in [1.807, 2.05) is 6.20 Å². The van der Waals surface area contributed by atoms with Crippen molar-refractivity contribution >= 4 is 34.2 Å². The number of pyridine rings is 1. The number of aryl methyl sites for hydroxylation is 2. The number of hydrogen-bond donors (Lipinski definition) is 3. The van der Waals surface area contributed by atoms with E-state index in [1.165, 1.54) is 10.9 Å². The topological polar surface area (TPSA) is 66.7 Å². The highest BCUT2D eigenvalue weighted by molar-refractivity contribution is 7.99. The van der Waals surface area contributed by atoms with E-state index in [2.05, 4.69) is 54.5 Å². The van der Waals surface area contributed by atoms with Gasteiger partial charge in [-0.3, -0.25) is 0 Å². The minimum atomic E-state index is 0.545. The highest BCUT2D eigenvalue weighted by Gasteiger charge is 2.08. The van der Waals surface area contributed by atoms with Crippen LogP contribution in [0.4, 0.5) is 11.5 Å². The van der Waals surface area contributed by atoms with Crippen molar-refractivity contribution in [3.8, 4) is 0 Å². The number of benzene rings is 1. The summed E-state index contributed by atoms with van der Waals surface area (Å²) in [5.74, 6) is 1.44. The summed E-state index contributed by atoms with van der Waals surface area (Å²) in [6.07, 6.45) is 4.05. The van der Waals surface area contributed by atoms with Gasteiger partial charge >= 0.3 is 0 Å².